The molecule has 1 aliphatic heterocycles. The minimum absolute atomic E-state index is 0.173. The van der Waals surface area contributed by atoms with E-state index >= 15 is 0 Å². The molecular formula is C8H15FO2. The molecule has 11 heavy (non-hydrogen) atoms. The van der Waals surface area contributed by atoms with E-state index in [1.165, 1.54) is 0 Å². The number of halogens is 1. The van der Waals surface area contributed by atoms with E-state index < -0.39 is 12.3 Å². The molecule has 0 aliphatic carbocycles. The van der Waals surface area contributed by atoms with Crippen LogP contribution in [0, 0.1) is 5.92 Å². The Kier molecular flexibility index (Phi) is 2.84. The van der Waals surface area contributed by atoms with Crippen LogP contribution in [0.4, 0.5) is 4.39 Å². The van der Waals surface area contributed by atoms with E-state index in [2.05, 4.69) is 0 Å². The van der Waals surface area contributed by atoms with Gasteiger partial charge < -0.3 is 9.84 Å². The lowest BCUT2D eigenvalue weighted by Gasteiger charge is -2.34. The van der Waals surface area contributed by atoms with Crippen LogP contribution in [0.1, 0.15) is 20.3 Å². The number of hydrogen-bond donors (Lipinski definition) is 1. The summed E-state index contributed by atoms with van der Waals surface area (Å²) in [5, 5.41) is 9.31. The minimum Gasteiger partial charge on any atom is -0.387 e. The molecule has 1 unspecified atom stereocenters. The summed E-state index contributed by atoms with van der Waals surface area (Å²) in [6.07, 6.45) is -1.67. The molecule has 4 atom stereocenters. The van der Waals surface area contributed by atoms with Crippen molar-refractivity contribution in [2.75, 3.05) is 6.61 Å². The highest BCUT2D eigenvalue weighted by molar-refractivity contribution is 4.84. The smallest absolute Gasteiger partial charge is 0.133 e. The second kappa shape index (κ2) is 3.50. The molecule has 1 heterocycles. The van der Waals surface area contributed by atoms with Crippen molar-refractivity contribution in [2.45, 2.75) is 38.6 Å². The zero-order valence-corrected chi connectivity index (χ0v) is 6.96. The van der Waals surface area contributed by atoms with Crippen LogP contribution >= 0.6 is 0 Å². The maximum atomic E-state index is 13.1. The second-order valence-electron chi connectivity index (χ2n) is 3.19. The Morgan fingerprint density at radius 2 is 2.27 bits per heavy atom. The highest BCUT2D eigenvalue weighted by Gasteiger charge is 2.36. The molecule has 0 aromatic carbocycles. The van der Waals surface area contributed by atoms with Gasteiger partial charge in [-0.2, -0.15) is 0 Å². The fourth-order valence-corrected chi connectivity index (χ4v) is 1.37. The van der Waals surface area contributed by atoms with E-state index in [1.807, 2.05) is 6.92 Å². The first-order valence-electron chi connectivity index (χ1n) is 4.10. The molecule has 0 spiro atoms. The zero-order chi connectivity index (χ0) is 8.43. The Bertz CT molecular complexity index is 127. The van der Waals surface area contributed by atoms with Gasteiger partial charge in [-0.25, -0.2) is 4.39 Å². The lowest BCUT2D eigenvalue weighted by molar-refractivity contribution is -0.137. The van der Waals surface area contributed by atoms with Crippen LogP contribution in [0.25, 0.3) is 0 Å². The van der Waals surface area contributed by atoms with Crippen molar-refractivity contribution < 1.29 is 14.2 Å². The summed E-state index contributed by atoms with van der Waals surface area (Å²) in [7, 11) is 0. The molecule has 0 aromatic heterocycles. The standard InChI is InChI=1S/C8H15FO2/c1-3-6-8(10)7(9)5(2)4-11-6/h5-8,10H,3-4H2,1-2H3/t5-,6-,7-,8?/m1/s1. The lowest BCUT2D eigenvalue weighted by Crippen LogP contribution is -2.46. The van der Waals surface area contributed by atoms with Gasteiger partial charge in [-0.1, -0.05) is 13.8 Å². The molecule has 0 radical (unpaired) electrons. The van der Waals surface area contributed by atoms with Crippen LogP contribution in [0.15, 0.2) is 0 Å². The molecule has 66 valence electrons. The minimum atomic E-state index is -1.12. The highest BCUT2D eigenvalue weighted by atomic mass is 19.1. The Hall–Kier alpha value is -0.150. The van der Waals surface area contributed by atoms with Gasteiger partial charge in [-0.3, -0.25) is 0 Å². The van der Waals surface area contributed by atoms with E-state index in [9.17, 15) is 9.50 Å². The SMILES string of the molecule is CC[C@H]1OC[C@@H](C)[C@@H](F)C1O. The van der Waals surface area contributed by atoms with Crippen LogP contribution < -0.4 is 0 Å². The van der Waals surface area contributed by atoms with Crippen molar-refractivity contribution in [3.8, 4) is 0 Å². The summed E-state index contributed by atoms with van der Waals surface area (Å²) in [5.41, 5.74) is 0. The average molecular weight is 162 g/mol. The van der Waals surface area contributed by atoms with E-state index in [-0.39, 0.29) is 12.0 Å². The van der Waals surface area contributed by atoms with Gasteiger partial charge in [-0.05, 0) is 6.42 Å². The van der Waals surface area contributed by atoms with Crippen LogP contribution in [0.5, 0.6) is 0 Å². The monoisotopic (exact) mass is 162 g/mol. The maximum absolute atomic E-state index is 13.1. The summed E-state index contributed by atoms with van der Waals surface area (Å²) in [4.78, 5) is 0. The average Bonchev–Trinajstić information content (AvgIpc) is 2.01. The number of ether oxygens (including phenoxy) is 1. The lowest BCUT2D eigenvalue weighted by atomic mass is 9.94. The Morgan fingerprint density at radius 1 is 1.64 bits per heavy atom. The third-order valence-corrected chi connectivity index (χ3v) is 2.23. The quantitative estimate of drug-likeness (QED) is 0.626. The highest BCUT2D eigenvalue weighted by Crippen LogP contribution is 2.24. The third kappa shape index (κ3) is 1.71. The van der Waals surface area contributed by atoms with Crippen molar-refractivity contribution >= 4 is 0 Å². The number of hydrogen-bond acceptors (Lipinski definition) is 2. The van der Waals surface area contributed by atoms with E-state index in [0.717, 1.165) is 0 Å². The van der Waals surface area contributed by atoms with E-state index in [4.69, 9.17) is 4.74 Å². The molecule has 0 bridgehead atoms. The molecule has 0 saturated carbocycles. The summed E-state index contributed by atoms with van der Waals surface area (Å²) >= 11 is 0. The Balaban J connectivity index is 2.52. The molecule has 2 nitrogen and oxygen atoms in total. The van der Waals surface area contributed by atoms with Crippen molar-refractivity contribution in [3.63, 3.8) is 0 Å². The summed E-state index contributed by atoms with van der Waals surface area (Å²) in [5.74, 6) is -0.173. The fourth-order valence-electron chi connectivity index (χ4n) is 1.37. The molecule has 1 rings (SSSR count). The van der Waals surface area contributed by atoms with Crippen LogP contribution in [-0.2, 0) is 4.74 Å². The van der Waals surface area contributed by atoms with E-state index in [1.54, 1.807) is 6.92 Å². The maximum Gasteiger partial charge on any atom is 0.133 e. The van der Waals surface area contributed by atoms with E-state index in [0.29, 0.717) is 13.0 Å². The number of aliphatic hydroxyl groups excluding tert-OH is 1. The first kappa shape index (κ1) is 8.94. The van der Waals surface area contributed by atoms with Gasteiger partial charge in [0.1, 0.15) is 12.3 Å². The van der Waals surface area contributed by atoms with Crippen molar-refractivity contribution in [2.24, 2.45) is 5.92 Å². The molecule has 1 saturated heterocycles. The van der Waals surface area contributed by atoms with Gasteiger partial charge in [0.15, 0.2) is 0 Å². The summed E-state index contributed by atoms with van der Waals surface area (Å²) in [6, 6.07) is 0. The Morgan fingerprint density at radius 3 is 2.82 bits per heavy atom. The molecule has 0 aromatic rings. The molecular weight excluding hydrogens is 147 g/mol. The first-order chi connectivity index (χ1) is 5.16. The third-order valence-electron chi connectivity index (χ3n) is 2.23. The number of rotatable bonds is 1. The number of alkyl halides is 1. The van der Waals surface area contributed by atoms with Gasteiger partial charge in [0.05, 0.1) is 12.7 Å². The topological polar surface area (TPSA) is 29.5 Å². The Labute approximate surface area is 66.4 Å². The van der Waals surface area contributed by atoms with Gasteiger partial charge in [0.2, 0.25) is 0 Å². The number of aliphatic hydroxyl groups is 1. The summed E-state index contributed by atoms with van der Waals surface area (Å²) < 4.78 is 18.3. The van der Waals surface area contributed by atoms with Gasteiger partial charge in [-0.15, -0.1) is 0 Å². The van der Waals surface area contributed by atoms with Gasteiger partial charge in [0, 0.05) is 5.92 Å². The summed E-state index contributed by atoms with van der Waals surface area (Å²) in [6.45, 7) is 4.06. The predicted octanol–water partition coefficient (Wildman–Crippen LogP) is 1.13. The molecule has 1 aliphatic rings. The fraction of sp³-hybridized carbons (Fsp3) is 1.00. The van der Waals surface area contributed by atoms with Crippen molar-refractivity contribution in [1.29, 1.82) is 0 Å². The van der Waals surface area contributed by atoms with Gasteiger partial charge in [0.25, 0.3) is 0 Å². The molecule has 3 heteroatoms. The predicted molar refractivity (Wildman–Crippen MR) is 40.1 cm³/mol. The molecule has 0 amide bonds. The second-order valence-corrected chi connectivity index (χ2v) is 3.19. The molecule has 1 fully saturated rings. The first-order valence-corrected chi connectivity index (χ1v) is 4.10. The zero-order valence-electron chi connectivity index (χ0n) is 6.96. The van der Waals surface area contributed by atoms with Crippen LogP contribution in [0.2, 0.25) is 0 Å². The molecule has 1 N–H and O–H groups in total. The van der Waals surface area contributed by atoms with Gasteiger partial charge >= 0.3 is 0 Å². The van der Waals surface area contributed by atoms with Crippen molar-refractivity contribution in [1.82, 2.24) is 0 Å². The normalized spacial score (nSPS) is 45.8. The largest absolute Gasteiger partial charge is 0.387 e. The van der Waals surface area contributed by atoms with Crippen molar-refractivity contribution in [3.05, 3.63) is 0 Å². The van der Waals surface area contributed by atoms with Crippen LogP contribution in [0.3, 0.4) is 0 Å². The van der Waals surface area contributed by atoms with Crippen LogP contribution in [-0.4, -0.2) is 30.1 Å².